The number of carbonyl (C=O) groups is 1. The van der Waals surface area contributed by atoms with Gasteiger partial charge < -0.3 is 14.5 Å². The molecule has 0 radical (unpaired) electrons. The third-order valence-corrected chi connectivity index (χ3v) is 5.95. The lowest BCUT2D eigenvalue weighted by Crippen LogP contribution is -2.22. The number of fused-ring (bicyclic) bond motifs is 2. The van der Waals surface area contributed by atoms with E-state index in [1.54, 1.807) is 0 Å². The fourth-order valence-electron chi connectivity index (χ4n) is 4.02. The van der Waals surface area contributed by atoms with Gasteiger partial charge in [-0.05, 0) is 67.6 Å². The lowest BCUT2D eigenvalue weighted by Gasteiger charge is -2.15. The minimum Gasteiger partial charge on any atom is -0.454 e. The van der Waals surface area contributed by atoms with Gasteiger partial charge in [-0.1, -0.05) is 12.1 Å². The smallest absolute Gasteiger partial charge is 0.231 e. The molecule has 1 aliphatic carbocycles. The highest BCUT2D eigenvalue weighted by Crippen LogP contribution is 2.51. The first-order valence-electron chi connectivity index (χ1n) is 9.08. The molecule has 0 spiro atoms. The molecule has 1 fully saturated rings. The topological polar surface area (TPSA) is 51.3 Å². The van der Waals surface area contributed by atoms with Gasteiger partial charge in [-0.25, -0.2) is 0 Å². The van der Waals surface area contributed by atoms with E-state index in [-0.39, 0.29) is 12.2 Å². The van der Waals surface area contributed by atoms with E-state index < -0.39 is 0 Å². The van der Waals surface area contributed by atoms with Crippen LogP contribution in [0.25, 0.3) is 10.9 Å². The van der Waals surface area contributed by atoms with E-state index >= 15 is 0 Å². The fourth-order valence-corrected chi connectivity index (χ4v) is 4.02. The Kier molecular flexibility index (Phi) is 3.20. The summed E-state index contributed by atoms with van der Waals surface area (Å²) in [5, 5.41) is 1.21. The molecule has 4 nitrogen and oxygen atoms in total. The first-order valence-corrected chi connectivity index (χ1v) is 9.08. The molecular weight excluding hydrogens is 326 g/mol. The van der Waals surface area contributed by atoms with Crippen molar-refractivity contribution in [2.24, 2.45) is 0 Å². The Bertz CT molecular complexity index is 1040. The molecule has 1 saturated carbocycles. The number of hydrogen-bond acceptors (Lipinski definition) is 3. The Balaban J connectivity index is 1.44. The zero-order valence-corrected chi connectivity index (χ0v) is 15.0. The van der Waals surface area contributed by atoms with Crippen molar-refractivity contribution in [1.82, 2.24) is 4.98 Å². The summed E-state index contributed by atoms with van der Waals surface area (Å²) in [6.45, 7) is 4.46. The molecule has 132 valence electrons. The van der Waals surface area contributed by atoms with E-state index in [0.717, 1.165) is 41.0 Å². The number of H-pyrrole nitrogens is 1. The van der Waals surface area contributed by atoms with Crippen LogP contribution in [0.1, 0.15) is 35.2 Å². The molecule has 1 aromatic heterocycles. The van der Waals surface area contributed by atoms with Crippen LogP contribution in [-0.2, 0) is 16.6 Å². The summed E-state index contributed by atoms with van der Waals surface area (Å²) in [6, 6.07) is 12.2. The van der Waals surface area contributed by atoms with Crippen LogP contribution < -0.4 is 9.47 Å². The van der Waals surface area contributed by atoms with Crippen molar-refractivity contribution in [2.45, 2.75) is 38.5 Å². The third-order valence-electron chi connectivity index (χ3n) is 5.95. The molecular formula is C22H21NO3. The van der Waals surface area contributed by atoms with E-state index in [2.05, 4.69) is 37.0 Å². The Hall–Kier alpha value is -2.75. The average Bonchev–Trinajstić information content (AvgIpc) is 3.24. The molecule has 0 amide bonds. The number of aromatic nitrogens is 1. The molecule has 1 N–H and O–H groups in total. The molecule has 3 aromatic rings. The van der Waals surface area contributed by atoms with Gasteiger partial charge in [0, 0.05) is 23.0 Å². The van der Waals surface area contributed by atoms with Gasteiger partial charge in [-0.2, -0.15) is 0 Å². The quantitative estimate of drug-likeness (QED) is 0.763. The number of rotatable bonds is 4. The number of benzene rings is 2. The summed E-state index contributed by atoms with van der Waals surface area (Å²) < 4.78 is 10.9. The van der Waals surface area contributed by atoms with Crippen molar-refractivity contribution >= 4 is 16.7 Å². The van der Waals surface area contributed by atoms with Crippen molar-refractivity contribution < 1.29 is 14.3 Å². The molecule has 2 aliphatic rings. The van der Waals surface area contributed by atoms with Crippen LogP contribution in [0.3, 0.4) is 0 Å². The van der Waals surface area contributed by atoms with Gasteiger partial charge in [-0.15, -0.1) is 0 Å². The Morgan fingerprint density at radius 1 is 1.08 bits per heavy atom. The summed E-state index contributed by atoms with van der Waals surface area (Å²) in [5.41, 5.74) is 5.36. The lowest BCUT2D eigenvalue weighted by molar-refractivity contribution is -0.120. The molecule has 4 heteroatoms. The molecule has 5 rings (SSSR count). The van der Waals surface area contributed by atoms with Gasteiger partial charge in [0.05, 0.1) is 5.41 Å². The summed E-state index contributed by atoms with van der Waals surface area (Å²) in [7, 11) is 0. The number of aryl methyl sites for hydroxylation is 2. The normalized spacial score (nSPS) is 16.8. The highest BCUT2D eigenvalue weighted by atomic mass is 16.7. The number of carbonyl (C=O) groups excluding carboxylic acids is 1. The first-order chi connectivity index (χ1) is 12.6. The van der Waals surface area contributed by atoms with Crippen molar-refractivity contribution in [1.29, 1.82) is 0 Å². The standard InChI is InChI=1S/C22H21NO3/c1-13-14(2)23-18-5-3-15(9-17(13)18)10-21(24)22(7-8-22)16-4-6-19-20(11-16)26-12-25-19/h3-6,9,11,23H,7-8,10,12H2,1-2H3. The molecule has 2 aromatic carbocycles. The van der Waals surface area contributed by atoms with Gasteiger partial charge in [0.25, 0.3) is 0 Å². The van der Waals surface area contributed by atoms with Crippen LogP contribution in [0.5, 0.6) is 11.5 Å². The Morgan fingerprint density at radius 2 is 1.88 bits per heavy atom. The van der Waals surface area contributed by atoms with E-state index in [1.165, 1.54) is 16.6 Å². The minimum atomic E-state index is -0.348. The Labute approximate surface area is 152 Å². The van der Waals surface area contributed by atoms with E-state index in [9.17, 15) is 4.79 Å². The first kappa shape index (κ1) is 15.5. The second kappa shape index (κ2) is 5.37. The summed E-state index contributed by atoms with van der Waals surface area (Å²) in [6.07, 6.45) is 2.29. The van der Waals surface area contributed by atoms with Crippen molar-refractivity contribution in [3.63, 3.8) is 0 Å². The highest BCUT2D eigenvalue weighted by molar-refractivity contribution is 5.95. The number of ketones is 1. The molecule has 0 atom stereocenters. The van der Waals surface area contributed by atoms with Crippen LogP contribution in [0.4, 0.5) is 0 Å². The van der Waals surface area contributed by atoms with Crippen LogP contribution >= 0.6 is 0 Å². The molecule has 1 aliphatic heterocycles. The predicted octanol–water partition coefficient (Wildman–Crippen LogP) is 4.36. The van der Waals surface area contributed by atoms with Gasteiger partial charge >= 0.3 is 0 Å². The van der Waals surface area contributed by atoms with Crippen molar-refractivity contribution in [3.8, 4) is 11.5 Å². The van der Waals surface area contributed by atoms with Gasteiger partial charge in [0.1, 0.15) is 5.78 Å². The maximum Gasteiger partial charge on any atom is 0.231 e. The van der Waals surface area contributed by atoms with Gasteiger partial charge in [-0.3, -0.25) is 4.79 Å². The molecule has 0 saturated heterocycles. The van der Waals surface area contributed by atoms with Crippen molar-refractivity contribution in [3.05, 3.63) is 58.8 Å². The van der Waals surface area contributed by atoms with Crippen molar-refractivity contribution in [2.75, 3.05) is 6.79 Å². The SMILES string of the molecule is Cc1[nH]c2ccc(CC(=O)C3(c4ccc5c(c4)OCO5)CC3)cc2c1C. The Morgan fingerprint density at radius 3 is 2.69 bits per heavy atom. The maximum atomic E-state index is 13.1. The third kappa shape index (κ3) is 2.25. The highest BCUT2D eigenvalue weighted by Gasteiger charge is 2.50. The van der Waals surface area contributed by atoms with Gasteiger partial charge in [0.2, 0.25) is 6.79 Å². The maximum absolute atomic E-state index is 13.1. The summed E-state index contributed by atoms with van der Waals surface area (Å²) in [5.74, 6) is 1.81. The van der Waals surface area contributed by atoms with Gasteiger partial charge in [0.15, 0.2) is 11.5 Å². The second-order valence-corrected chi connectivity index (χ2v) is 7.51. The minimum absolute atomic E-state index is 0.259. The number of ether oxygens (including phenoxy) is 2. The molecule has 26 heavy (non-hydrogen) atoms. The number of Topliss-reactive ketones (excluding diaryl/α,β-unsaturated/α-hetero) is 1. The van der Waals surface area contributed by atoms with E-state index in [4.69, 9.17) is 9.47 Å². The average molecular weight is 347 g/mol. The summed E-state index contributed by atoms with van der Waals surface area (Å²) >= 11 is 0. The second-order valence-electron chi connectivity index (χ2n) is 7.51. The van der Waals surface area contributed by atoms with Crippen LogP contribution in [-0.4, -0.2) is 17.6 Å². The van der Waals surface area contributed by atoms with Crippen LogP contribution in [0.15, 0.2) is 36.4 Å². The monoisotopic (exact) mass is 347 g/mol. The lowest BCUT2D eigenvalue weighted by atomic mass is 9.87. The number of hydrogen-bond donors (Lipinski definition) is 1. The van der Waals surface area contributed by atoms with E-state index in [0.29, 0.717) is 12.2 Å². The molecule has 0 bridgehead atoms. The number of nitrogens with one attached hydrogen (secondary N) is 1. The zero-order chi connectivity index (χ0) is 17.9. The fraction of sp³-hybridized carbons (Fsp3) is 0.318. The molecule has 0 unspecified atom stereocenters. The molecule has 2 heterocycles. The van der Waals surface area contributed by atoms with Crippen LogP contribution in [0, 0.1) is 13.8 Å². The largest absolute Gasteiger partial charge is 0.454 e. The number of aromatic amines is 1. The van der Waals surface area contributed by atoms with Crippen LogP contribution in [0.2, 0.25) is 0 Å². The predicted molar refractivity (Wildman–Crippen MR) is 100.0 cm³/mol. The summed E-state index contributed by atoms with van der Waals surface area (Å²) in [4.78, 5) is 16.5. The van der Waals surface area contributed by atoms with E-state index in [1.807, 2.05) is 18.2 Å². The zero-order valence-electron chi connectivity index (χ0n) is 15.0.